The van der Waals surface area contributed by atoms with Crippen LogP contribution in [0.25, 0.3) is 16.6 Å². The molecule has 1 heterocycles. The number of amides is 3. The van der Waals surface area contributed by atoms with Crippen LogP contribution >= 0.6 is 11.8 Å². The molecule has 0 unspecified atom stereocenters. The van der Waals surface area contributed by atoms with Crippen molar-refractivity contribution < 1.29 is 14.3 Å². The number of thioether (sulfide) groups is 1. The van der Waals surface area contributed by atoms with Gasteiger partial charge in [-0.25, -0.2) is 9.78 Å². The Morgan fingerprint density at radius 2 is 1.89 bits per heavy atom. The molecule has 0 aliphatic carbocycles. The van der Waals surface area contributed by atoms with Gasteiger partial charge in [-0.1, -0.05) is 23.9 Å². The zero-order chi connectivity index (χ0) is 19.4. The quantitative estimate of drug-likeness (QED) is 0.511. The zero-order valence-corrected chi connectivity index (χ0v) is 15.2. The molecule has 0 saturated heterocycles. The van der Waals surface area contributed by atoms with Gasteiger partial charge in [0, 0.05) is 0 Å². The summed E-state index contributed by atoms with van der Waals surface area (Å²) in [5, 5.41) is 2.77. The highest BCUT2D eigenvalue weighted by Gasteiger charge is 2.15. The lowest BCUT2D eigenvalue weighted by atomic mass is 10.2. The summed E-state index contributed by atoms with van der Waals surface area (Å²) < 4.78 is 6.57. The molecule has 138 valence electrons. The van der Waals surface area contributed by atoms with Crippen LogP contribution in [0.5, 0.6) is 5.75 Å². The molecule has 9 heteroatoms. The average molecular weight is 384 g/mol. The average Bonchev–Trinajstić information content (AvgIpc) is 2.66. The van der Waals surface area contributed by atoms with Crippen molar-refractivity contribution in [3.8, 4) is 11.4 Å². The van der Waals surface area contributed by atoms with Crippen molar-refractivity contribution in [2.45, 2.75) is 5.16 Å². The standard InChI is InChI=1S/C18H16N4O4S/c1-26-12-8-6-11(7-9-12)22-16(24)13-4-2-3-5-14(13)20-18(22)27-10-15(23)21-17(19)25/h2-9H,10H2,1H3,(H3,19,21,23,25). The predicted molar refractivity (Wildman–Crippen MR) is 102 cm³/mol. The SMILES string of the molecule is COc1ccc(-n2c(SCC(=O)NC(N)=O)nc3ccccc3c2=O)cc1. The fourth-order valence-corrected chi connectivity index (χ4v) is 3.28. The lowest BCUT2D eigenvalue weighted by Gasteiger charge is -2.13. The van der Waals surface area contributed by atoms with Crippen LogP contribution < -0.4 is 21.3 Å². The first kappa shape index (κ1) is 18.5. The molecule has 2 aromatic carbocycles. The number of aromatic nitrogens is 2. The number of urea groups is 1. The summed E-state index contributed by atoms with van der Waals surface area (Å²) in [5.41, 5.74) is 5.78. The number of methoxy groups -OCH3 is 1. The second-order valence-electron chi connectivity index (χ2n) is 5.45. The van der Waals surface area contributed by atoms with Crippen LogP contribution in [0.15, 0.2) is 58.5 Å². The van der Waals surface area contributed by atoms with E-state index in [1.807, 2.05) is 5.32 Å². The molecule has 0 bridgehead atoms. The normalized spacial score (nSPS) is 10.6. The minimum atomic E-state index is -0.931. The Morgan fingerprint density at radius 3 is 2.56 bits per heavy atom. The van der Waals surface area contributed by atoms with Gasteiger partial charge in [-0.3, -0.25) is 19.5 Å². The number of nitrogens with two attached hydrogens (primary N) is 1. The predicted octanol–water partition coefficient (Wildman–Crippen LogP) is 1.68. The number of benzene rings is 2. The van der Waals surface area contributed by atoms with Crippen molar-refractivity contribution in [2.75, 3.05) is 12.9 Å². The highest BCUT2D eigenvalue weighted by molar-refractivity contribution is 7.99. The van der Waals surface area contributed by atoms with E-state index in [9.17, 15) is 14.4 Å². The fourth-order valence-electron chi connectivity index (χ4n) is 2.47. The lowest BCUT2D eigenvalue weighted by molar-refractivity contribution is -0.117. The molecule has 8 nitrogen and oxygen atoms in total. The first-order valence-electron chi connectivity index (χ1n) is 7.88. The summed E-state index contributed by atoms with van der Waals surface area (Å²) in [5.74, 6) is -0.0454. The van der Waals surface area contributed by atoms with E-state index in [1.54, 1.807) is 55.6 Å². The monoisotopic (exact) mass is 384 g/mol. The number of rotatable bonds is 5. The summed E-state index contributed by atoms with van der Waals surface area (Å²) in [6.45, 7) is 0. The minimum Gasteiger partial charge on any atom is -0.497 e. The topological polar surface area (TPSA) is 116 Å². The van der Waals surface area contributed by atoms with E-state index in [2.05, 4.69) is 4.98 Å². The smallest absolute Gasteiger partial charge is 0.318 e. The van der Waals surface area contributed by atoms with Gasteiger partial charge < -0.3 is 10.5 Å². The van der Waals surface area contributed by atoms with E-state index in [4.69, 9.17) is 10.5 Å². The number of primary amides is 1. The van der Waals surface area contributed by atoms with Gasteiger partial charge >= 0.3 is 6.03 Å². The molecule has 27 heavy (non-hydrogen) atoms. The van der Waals surface area contributed by atoms with Gasteiger partial charge in [-0.15, -0.1) is 0 Å². The number of imide groups is 1. The third kappa shape index (κ3) is 4.09. The second kappa shape index (κ2) is 7.92. The summed E-state index contributed by atoms with van der Waals surface area (Å²) in [6, 6.07) is 12.9. The number of nitrogens with one attached hydrogen (secondary N) is 1. The van der Waals surface area contributed by atoms with Crippen molar-refractivity contribution in [3.63, 3.8) is 0 Å². The molecule has 3 rings (SSSR count). The molecule has 0 spiro atoms. The van der Waals surface area contributed by atoms with Gasteiger partial charge in [-0.2, -0.15) is 0 Å². The minimum absolute atomic E-state index is 0.121. The van der Waals surface area contributed by atoms with Gasteiger partial charge in [-0.05, 0) is 36.4 Å². The zero-order valence-electron chi connectivity index (χ0n) is 14.3. The van der Waals surface area contributed by atoms with Gasteiger partial charge in [0.1, 0.15) is 5.75 Å². The number of carbonyl (C=O) groups is 2. The highest BCUT2D eigenvalue weighted by Crippen LogP contribution is 2.22. The number of fused-ring (bicyclic) bond motifs is 1. The number of carbonyl (C=O) groups excluding carboxylic acids is 2. The van der Waals surface area contributed by atoms with Crippen molar-refractivity contribution in [1.82, 2.24) is 14.9 Å². The first-order valence-corrected chi connectivity index (χ1v) is 8.86. The van der Waals surface area contributed by atoms with E-state index in [0.29, 0.717) is 27.5 Å². The summed E-state index contributed by atoms with van der Waals surface area (Å²) in [6.07, 6.45) is 0. The molecule has 0 saturated carbocycles. The summed E-state index contributed by atoms with van der Waals surface area (Å²) >= 11 is 1.03. The molecule has 0 aliphatic heterocycles. The Kier molecular flexibility index (Phi) is 5.41. The molecule has 3 amide bonds. The van der Waals surface area contributed by atoms with Crippen LogP contribution in [-0.4, -0.2) is 34.4 Å². The number of para-hydroxylation sites is 1. The maximum atomic E-state index is 13.0. The van der Waals surface area contributed by atoms with E-state index in [-0.39, 0.29) is 11.3 Å². The maximum absolute atomic E-state index is 13.0. The number of hydrogen-bond donors (Lipinski definition) is 2. The number of ether oxygens (including phenoxy) is 1. The van der Waals surface area contributed by atoms with E-state index >= 15 is 0 Å². The Morgan fingerprint density at radius 1 is 1.19 bits per heavy atom. The largest absolute Gasteiger partial charge is 0.497 e. The number of nitrogens with zero attached hydrogens (tertiary/aromatic N) is 2. The first-order chi connectivity index (χ1) is 13.0. The highest BCUT2D eigenvalue weighted by atomic mass is 32.2. The Hall–Kier alpha value is -3.33. The van der Waals surface area contributed by atoms with Crippen LogP contribution in [-0.2, 0) is 4.79 Å². The van der Waals surface area contributed by atoms with Crippen molar-refractivity contribution in [2.24, 2.45) is 5.73 Å². The number of hydrogen-bond acceptors (Lipinski definition) is 6. The second-order valence-corrected chi connectivity index (χ2v) is 6.39. The van der Waals surface area contributed by atoms with Crippen LogP contribution in [0.3, 0.4) is 0 Å². The maximum Gasteiger partial charge on any atom is 0.318 e. The summed E-state index contributed by atoms with van der Waals surface area (Å²) in [7, 11) is 1.55. The van der Waals surface area contributed by atoms with Crippen LogP contribution in [0, 0.1) is 0 Å². The van der Waals surface area contributed by atoms with Crippen LogP contribution in [0.4, 0.5) is 4.79 Å². The van der Waals surface area contributed by atoms with E-state index in [1.165, 1.54) is 4.57 Å². The van der Waals surface area contributed by atoms with Crippen LogP contribution in [0.2, 0.25) is 0 Å². The van der Waals surface area contributed by atoms with Crippen molar-refractivity contribution >= 4 is 34.6 Å². The molecular formula is C18H16N4O4S. The Balaban J connectivity index is 2.07. The molecule has 0 aliphatic rings. The Bertz CT molecular complexity index is 1060. The fraction of sp³-hybridized carbons (Fsp3) is 0.111. The summed E-state index contributed by atoms with van der Waals surface area (Å²) in [4.78, 5) is 40.1. The Labute approximate surface area is 158 Å². The van der Waals surface area contributed by atoms with Gasteiger partial charge in [0.2, 0.25) is 5.91 Å². The van der Waals surface area contributed by atoms with Gasteiger partial charge in [0.25, 0.3) is 5.56 Å². The van der Waals surface area contributed by atoms with E-state index in [0.717, 1.165) is 11.8 Å². The third-order valence-electron chi connectivity index (χ3n) is 3.67. The van der Waals surface area contributed by atoms with E-state index < -0.39 is 11.9 Å². The van der Waals surface area contributed by atoms with Crippen LogP contribution in [0.1, 0.15) is 0 Å². The molecule has 0 fully saturated rings. The molecule has 0 atom stereocenters. The third-order valence-corrected chi connectivity index (χ3v) is 4.61. The molecule has 3 N–H and O–H groups in total. The van der Waals surface area contributed by atoms with Crippen molar-refractivity contribution in [1.29, 1.82) is 0 Å². The van der Waals surface area contributed by atoms with Gasteiger partial charge in [0.05, 0.1) is 29.5 Å². The molecule has 0 radical (unpaired) electrons. The molecule has 1 aromatic heterocycles. The van der Waals surface area contributed by atoms with Gasteiger partial charge in [0.15, 0.2) is 5.16 Å². The van der Waals surface area contributed by atoms with Crippen molar-refractivity contribution in [3.05, 3.63) is 58.9 Å². The molecular weight excluding hydrogens is 368 g/mol. The molecule has 3 aromatic rings. The lowest BCUT2D eigenvalue weighted by Crippen LogP contribution is -2.36.